The molecule has 4 N–H and O–H groups in total. The maximum atomic E-state index is 11.9. The number of nitrogens with one attached hydrogen (secondary N) is 4. The van der Waals surface area contributed by atoms with Crippen molar-refractivity contribution >= 4 is 23.2 Å². The van der Waals surface area contributed by atoms with Gasteiger partial charge in [0, 0.05) is 0 Å². The summed E-state index contributed by atoms with van der Waals surface area (Å²) in [7, 11) is 4.13. The first-order chi connectivity index (χ1) is 11.3. The summed E-state index contributed by atoms with van der Waals surface area (Å²) in [5.74, 6) is 0.792. The molecule has 134 valence electrons. The predicted molar refractivity (Wildman–Crippen MR) is 100 cm³/mol. The minimum Gasteiger partial charge on any atom is -0.483 e. The number of aryl methyl sites for hydroxylation is 1. The Labute approximate surface area is 149 Å². The Bertz CT molecular complexity index is 562. The molecule has 0 saturated carbocycles. The number of quaternary nitrogens is 1. The first kappa shape index (κ1) is 20.2. The summed E-state index contributed by atoms with van der Waals surface area (Å²) in [6, 6.07) is 6.03. The number of likely N-dealkylation sites (N-methyl/N-ethyl adjacent to an activating group) is 1. The zero-order chi connectivity index (χ0) is 18.1. The number of benzene rings is 1. The molecule has 0 bridgehead atoms. The van der Waals surface area contributed by atoms with Crippen LogP contribution in [-0.2, 0) is 4.79 Å². The third-order valence-electron chi connectivity index (χ3n) is 3.38. The van der Waals surface area contributed by atoms with Crippen LogP contribution in [-0.4, -0.2) is 44.8 Å². The van der Waals surface area contributed by atoms with Gasteiger partial charge in [0.1, 0.15) is 5.75 Å². The van der Waals surface area contributed by atoms with Crippen molar-refractivity contribution in [2.24, 2.45) is 0 Å². The van der Waals surface area contributed by atoms with Crippen LogP contribution in [0.2, 0.25) is 0 Å². The van der Waals surface area contributed by atoms with Crippen LogP contribution in [0.1, 0.15) is 30.9 Å². The first-order valence-corrected chi connectivity index (χ1v) is 8.55. The fourth-order valence-corrected chi connectivity index (χ4v) is 2.17. The van der Waals surface area contributed by atoms with E-state index < -0.39 is 0 Å². The molecule has 0 unspecified atom stereocenters. The van der Waals surface area contributed by atoms with Crippen LogP contribution in [0.25, 0.3) is 0 Å². The molecule has 1 amide bonds. The zero-order valence-corrected chi connectivity index (χ0v) is 16.0. The predicted octanol–water partition coefficient (Wildman–Crippen LogP) is 0.137. The zero-order valence-electron chi connectivity index (χ0n) is 15.2. The number of rotatable bonds is 7. The van der Waals surface area contributed by atoms with Gasteiger partial charge in [0.05, 0.1) is 27.2 Å². The highest BCUT2D eigenvalue weighted by atomic mass is 32.1. The molecule has 6 nitrogen and oxygen atoms in total. The number of hydrogen-bond acceptors (Lipinski definition) is 3. The summed E-state index contributed by atoms with van der Waals surface area (Å²) >= 11 is 5.09. The van der Waals surface area contributed by atoms with Gasteiger partial charge in [-0.15, -0.1) is 0 Å². The lowest BCUT2D eigenvalue weighted by atomic mass is 10.0. The Hall–Kier alpha value is -1.86. The van der Waals surface area contributed by atoms with Crippen molar-refractivity contribution in [2.45, 2.75) is 26.7 Å². The molecule has 7 heteroatoms. The Morgan fingerprint density at radius 1 is 1.29 bits per heavy atom. The van der Waals surface area contributed by atoms with Crippen LogP contribution in [0.4, 0.5) is 0 Å². The van der Waals surface area contributed by atoms with Gasteiger partial charge in [0.2, 0.25) is 0 Å². The van der Waals surface area contributed by atoms with Crippen molar-refractivity contribution in [1.82, 2.24) is 16.2 Å². The lowest BCUT2D eigenvalue weighted by Gasteiger charge is -2.15. The van der Waals surface area contributed by atoms with Crippen molar-refractivity contribution < 1.29 is 14.4 Å². The highest BCUT2D eigenvalue weighted by Gasteiger charge is 2.10. The molecule has 1 aromatic rings. The van der Waals surface area contributed by atoms with E-state index in [0.29, 0.717) is 11.0 Å². The maximum Gasteiger partial charge on any atom is 0.276 e. The van der Waals surface area contributed by atoms with Crippen LogP contribution in [0.15, 0.2) is 18.2 Å². The van der Waals surface area contributed by atoms with Crippen LogP contribution < -0.4 is 25.8 Å². The van der Waals surface area contributed by atoms with Gasteiger partial charge < -0.3 is 15.0 Å². The molecule has 0 aliphatic rings. The number of ether oxygens (including phenoxy) is 1. The van der Waals surface area contributed by atoms with Crippen LogP contribution >= 0.6 is 12.2 Å². The van der Waals surface area contributed by atoms with Gasteiger partial charge in [0.25, 0.3) is 5.91 Å². The summed E-state index contributed by atoms with van der Waals surface area (Å²) < 4.78 is 5.67. The SMILES string of the molecule is Cc1ccc(C(C)C)c(OCC(=O)NNC(=S)NCC[NH+](C)C)c1. The molecule has 0 atom stereocenters. The Morgan fingerprint density at radius 2 is 2.00 bits per heavy atom. The van der Waals surface area contributed by atoms with Gasteiger partial charge in [-0.3, -0.25) is 15.6 Å². The molecule has 0 spiro atoms. The van der Waals surface area contributed by atoms with E-state index in [1.807, 2.05) is 25.1 Å². The van der Waals surface area contributed by atoms with E-state index in [4.69, 9.17) is 17.0 Å². The number of thiocarbonyl (C=S) groups is 1. The molecular weight excluding hydrogens is 324 g/mol. The number of carbonyl (C=O) groups is 1. The van der Waals surface area contributed by atoms with Gasteiger partial charge >= 0.3 is 0 Å². The highest BCUT2D eigenvalue weighted by Crippen LogP contribution is 2.27. The molecule has 1 aromatic carbocycles. The van der Waals surface area contributed by atoms with E-state index in [2.05, 4.69) is 44.1 Å². The number of amides is 1. The quantitative estimate of drug-likeness (QED) is 0.415. The molecule has 0 aliphatic carbocycles. The van der Waals surface area contributed by atoms with Gasteiger partial charge in [-0.05, 0) is 42.3 Å². The van der Waals surface area contributed by atoms with Crippen molar-refractivity contribution in [1.29, 1.82) is 0 Å². The Balaban J connectivity index is 2.39. The van der Waals surface area contributed by atoms with Gasteiger partial charge in [-0.25, -0.2) is 0 Å². The topological polar surface area (TPSA) is 66.8 Å². The minimum atomic E-state index is -0.284. The molecule has 0 aromatic heterocycles. The third kappa shape index (κ3) is 7.61. The number of hydrazine groups is 1. The van der Waals surface area contributed by atoms with Crippen LogP contribution in [0.5, 0.6) is 5.75 Å². The first-order valence-electron chi connectivity index (χ1n) is 8.14. The monoisotopic (exact) mass is 353 g/mol. The van der Waals surface area contributed by atoms with Gasteiger partial charge in [-0.2, -0.15) is 0 Å². The summed E-state index contributed by atoms with van der Waals surface area (Å²) in [6.07, 6.45) is 0. The minimum absolute atomic E-state index is 0.0688. The fraction of sp³-hybridized carbons (Fsp3) is 0.529. The second-order valence-corrected chi connectivity index (χ2v) is 6.78. The van der Waals surface area contributed by atoms with E-state index in [9.17, 15) is 4.79 Å². The fourth-order valence-electron chi connectivity index (χ4n) is 2.02. The van der Waals surface area contributed by atoms with Crippen molar-refractivity contribution in [3.8, 4) is 5.75 Å². The summed E-state index contributed by atoms with van der Waals surface area (Å²) in [4.78, 5) is 13.2. The second kappa shape index (κ2) is 10.1. The lowest BCUT2D eigenvalue weighted by Crippen LogP contribution is -3.06. The number of carbonyl (C=O) groups excluding carboxylic acids is 1. The molecule has 0 radical (unpaired) electrons. The highest BCUT2D eigenvalue weighted by molar-refractivity contribution is 7.80. The largest absolute Gasteiger partial charge is 0.483 e. The normalized spacial score (nSPS) is 10.6. The Kier molecular flexibility index (Phi) is 8.49. The number of hydrogen-bond donors (Lipinski definition) is 4. The van der Waals surface area contributed by atoms with Crippen molar-refractivity contribution in [3.05, 3.63) is 29.3 Å². The van der Waals surface area contributed by atoms with Crippen molar-refractivity contribution in [3.63, 3.8) is 0 Å². The average molecular weight is 354 g/mol. The van der Waals surface area contributed by atoms with Gasteiger partial charge in [0.15, 0.2) is 11.7 Å². The summed E-state index contributed by atoms with van der Waals surface area (Å²) in [5.41, 5.74) is 7.39. The maximum absolute atomic E-state index is 11.9. The summed E-state index contributed by atoms with van der Waals surface area (Å²) in [5, 5.41) is 3.41. The molecular formula is C17H29N4O2S+. The van der Waals surface area contributed by atoms with E-state index in [1.165, 1.54) is 4.90 Å². The van der Waals surface area contributed by atoms with Crippen LogP contribution in [0, 0.1) is 6.92 Å². The van der Waals surface area contributed by atoms with E-state index in [1.54, 1.807) is 0 Å². The molecule has 1 rings (SSSR count). The third-order valence-corrected chi connectivity index (χ3v) is 3.62. The second-order valence-electron chi connectivity index (χ2n) is 6.37. The van der Waals surface area contributed by atoms with Gasteiger partial charge in [-0.1, -0.05) is 26.0 Å². The molecule has 0 aliphatic heterocycles. The van der Waals surface area contributed by atoms with E-state index >= 15 is 0 Å². The standard InChI is InChI=1S/C17H28N4O2S/c1-12(2)14-7-6-13(3)10-15(14)23-11-16(22)19-20-17(24)18-8-9-21(4)5/h6-7,10,12H,8-9,11H2,1-5H3,(H,19,22)(H2,18,20,24)/p+1. The van der Waals surface area contributed by atoms with E-state index in [0.717, 1.165) is 30.0 Å². The summed E-state index contributed by atoms with van der Waals surface area (Å²) in [6.45, 7) is 7.79. The Morgan fingerprint density at radius 3 is 2.62 bits per heavy atom. The smallest absolute Gasteiger partial charge is 0.276 e. The molecule has 0 saturated heterocycles. The van der Waals surface area contributed by atoms with Crippen molar-refractivity contribution in [2.75, 3.05) is 33.8 Å². The molecule has 24 heavy (non-hydrogen) atoms. The molecule has 0 heterocycles. The molecule has 0 fully saturated rings. The van der Waals surface area contributed by atoms with E-state index in [-0.39, 0.29) is 12.5 Å². The van der Waals surface area contributed by atoms with Crippen LogP contribution in [0.3, 0.4) is 0 Å². The lowest BCUT2D eigenvalue weighted by molar-refractivity contribution is -0.856. The average Bonchev–Trinajstić information content (AvgIpc) is 2.50.